The number of nitrogens with zero attached hydrogens (tertiary/aromatic N) is 2. The number of nitrogens with two attached hydrogens (primary N) is 1. The maximum absolute atomic E-state index is 12.6. The first kappa shape index (κ1) is 14.6. The van der Waals surface area contributed by atoms with Crippen LogP contribution < -0.4 is 20.9 Å². The summed E-state index contributed by atoms with van der Waals surface area (Å²) < 4.78 is 12.6. The normalized spacial score (nSPS) is 13.0. The van der Waals surface area contributed by atoms with Gasteiger partial charge in [-0.05, 0) is 32.0 Å². The molecule has 0 atom stereocenters. The molecule has 6 nitrogen and oxygen atoms in total. The Kier molecular flexibility index (Phi) is 3.19. The van der Waals surface area contributed by atoms with Crippen LogP contribution in [0.4, 0.5) is 5.69 Å². The molecule has 0 bridgehead atoms. The molecule has 24 heavy (non-hydrogen) atoms. The quantitative estimate of drug-likeness (QED) is 0.734. The number of hydrogen-bond donors (Lipinski definition) is 1. The molecular weight excluding hydrogens is 306 g/mol. The van der Waals surface area contributed by atoms with Gasteiger partial charge in [-0.2, -0.15) is 4.98 Å². The number of hydrogen-bond acceptors (Lipinski definition) is 5. The molecule has 0 saturated carbocycles. The fourth-order valence-corrected chi connectivity index (χ4v) is 2.99. The second-order valence-electron chi connectivity index (χ2n) is 6.05. The van der Waals surface area contributed by atoms with Gasteiger partial charge in [0.25, 0.3) is 0 Å². The molecule has 0 unspecified atom stereocenters. The summed E-state index contributed by atoms with van der Waals surface area (Å²) in [5.74, 6) is 1.31. The van der Waals surface area contributed by atoms with Crippen molar-refractivity contribution in [2.75, 3.05) is 12.5 Å². The molecule has 2 N–H and O–H groups in total. The van der Waals surface area contributed by atoms with Crippen LogP contribution >= 0.6 is 0 Å². The first-order valence-electron chi connectivity index (χ1n) is 7.76. The summed E-state index contributed by atoms with van der Waals surface area (Å²) in [6, 6.07) is 11.0. The highest BCUT2D eigenvalue weighted by molar-refractivity contribution is 5.95. The minimum atomic E-state index is -0.289. The van der Waals surface area contributed by atoms with Crippen molar-refractivity contribution >= 4 is 16.6 Å². The van der Waals surface area contributed by atoms with Crippen molar-refractivity contribution < 1.29 is 9.47 Å². The highest BCUT2D eigenvalue weighted by Crippen LogP contribution is 2.38. The summed E-state index contributed by atoms with van der Waals surface area (Å²) in [4.78, 5) is 16.9. The van der Waals surface area contributed by atoms with Gasteiger partial charge in [-0.3, -0.25) is 4.57 Å². The third kappa shape index (κ3) is 2.19. The summed E-state index contributed by atoms with van der Waals surface area (Å²) in [5.41, 5.74) is 8.37. The van der Waals surface area contributed by atoms with Gasteiger partial charge in [0.15, 0.2) is 11.5 Å². The molecule has 1 aliphatic rings. The van der Waals surface area contributed by atoms with E-state index in [1.54, 1.807) is 16.7 Å². The number of benzene rings is 2. The van der Waals surface area contributed by atoms with Crippen LogP contribution in [0.2, 0.25) is 0 Å². The zero-order valence-electron chi connectivity index (χ0n) is 13.4. The molecule has 0 aliphatic carbocycles. The van der Waals surface area contributed by atoms with Crippen LogP contribution in [-0.4, -0.2) is 16.3 Å². The van der Waals surface area contributed by atoms with Crippen molar-refractivity contribution in [1.29, 1.82) is 0 Å². The van der Waals surface area contributed by atoms with Crippen molar-refractivity contribution in [2.24, 2.45) is 0 Å². The lowest BCUT2D eigenvalue weighted by Gasteiger charge is -2.16. The van der Waals surface area contributed by atoms with E-state index in [0.29, 0.717) is 22.9 Å². The fourth-order valence-electron chi connectivity index (χ4n) is 2.99. The first-order chi connectivity index (χ1) is 11.5. The van der Waals surface area contributed by atoms with E-state index >= 15 is 0 Å². The van der Waals surface area contributed by atoms with Crippen molar-refractivity contribution in [3.63, 3.8) is 0 Å². The maximum atomic E-state index is 12.6. The zero-order valence-corrected chi connectivity index (χ0v) is 13.4. The molecule has 2 aromatic carbocycles. The molecule has 1 aromatic heterocycles. The Morgan fingerprint density at radius 2 is 1.79 bits per heavy atom. The summed E-state index contributed by atoms with van der Waals surface area (Å²) in [6.07, 6.45) is 0. The van der Waals surface area contributed by atoms with Gasteiger partial charge in [0, 0.05) is 28.7 Å². The van der Waals surface area contributed by atoms with Crippen LogP contribution in [0.15, 0.2) is 41.2 Å². The van der Waals surface area contributed by atoms with Crippen molar-refractivity contribution in [2.45, 2.75) is 19.9 Å². The summed E-state index contributed by atoms with van der Waals surface area (Å²) in [5, 5.41) is 0.845. The molecule has 0 saturated heterocycles. The SMILES string of the molecule is CC(C)n1c(=O)nc(-c2ccc(N)cc2)c2cc3c(cc21)OCO3. The number of anilines is 1. The van der Waals surface area contributed by atoms with Crippen LogP contribution in [0, 0.1) is 0 Å². The summed E-state index contributed by atoms with van der Waals surface area (Å²) in [6.45, 7) is 4.09. The van der Waals surface area contributed by atoms with E-state index < -0.39 is 0 Å². The lowest BCUT2D eigenvalue weighted by molar-refractivity contribution is 0.174. The molecule has 0 radical (unpaired) electrons. The second-order valence-corrected chi connectivity index (χ2v) is 6.05. The number of nitrogen functional groups attached to an aromatic ring is 1. The maximum Gasteiger partial charge on any atom is 0.348 e. The minimum absolute atomic E-state index is 0.0201. The van der Waals surface area contributed by atoms with E-state index in [-0.39, 0.29) is 18.5 Å². The Labute approximate surface area is 138 Å². The average Bonchev–Trinajstić information content (AvgIpc) is 3.00. The number of fused-ring (bicyclic) bond motifs is 2. The van der Waals surface area contributed by atoms with Crippen molar-refractivity contribution in [3.05, 3.63) is 46.9 Å². The summed E-state index contributed by atoms with van der Waals surface area (Å²) in [7, 11) is 0. The van der Waals surface area contributed by atoms with Gasteiger partial charge in [-0.25, -0.2) is 4.79 Å². The number of rotatable bonds is 2. The molecule has 0 amide bonds. The van der Waals surface area contributed by atoms with Crippen LogP contribution in [0.5, 0.6) is 11.5 Å². The van der Waals surface area contributed by atoms with E-state index in [9.17, 15) is 4.79 Å². The van der Waals surface area contributed by atoms with E-state index in [2.05, 4.69) is 4.98 Å². The lowest BCUT2D eigenvalue weighted by atomic mass is 10.0. The first-order valence-corrected chi connectivity index (χ1v) is 7.76. The molecule has 0 fully saturated rings. The van der Waals surface area contributed by atoms with Crippen molar-refractivity contribution in [3.8, 4) is 22.8 Å². The molecule has 122 valence electrons. The molecule has 4 rings (SSSR count). The third-order valence-electron chi connectivity index (χ3n) is 4.12. The predicted octanol–water partition coefficient (Wildman–Crippen LogP) is 2.96. The van der Waals surface area contributed by atoms with Gasteiger partial charge in [-0.1, -0.05) is 12.1 Å². The van der Waals surface area contributed by atoms with E-state index in [0.717, 1.165) is 16.5 Å². The molecule has 6 heteroatoms. The van der Waals surface area contributed by atoms with Gasteiger partial charge in [0.1, 0.15) is 0 Å². The standard InChI is InChI=1S/C18H17N3O3/c1-10(2)21-14-8-16-15(23-9-24-16)7-13(14)17(20-18(21)22)11-3-5-12(19)6-4-11/h3-8,10H,9,19H2,1-2H3. The topological polar surface area (TPSA) is 79.4 Å². The smallest absolute Gasteiger partial charge is 0.348 e. The van der Waals surface area contributed by atoms with E-state index in [1.807, 2.05) is 38.1 Å². The Hall–Kier alpha value is -3.02. The zero-order chi connectivity index (χ0) is 16.8. The highest BCUT2D eigenvalue weighted by atomic mass is 16.7. The lowest BCUT2D eigenvalue weighted by Crippen LogP contribution is -2.25. The Morgan fingerprint density at radius 1 is 1.12 bits per heavy atom. The highest BCUT2D eigenvalue weighted by Gasteiger charge is 2.20. The van der Waals surface area contributed by atoms with Gasteiger partial charge >= 0.3 is 5.69 Å². The fraction of sp³-hybridized carbons (Fsp3) is 0.222. The van der Waals surface area contributed by atoms with Gasteiger partial charge < -0.3 is 15.2 Å². The molecule has 2 heterocycles. The number of aromatic nitrogens is 2. The Morgan fingerprint density at radius 3 is 2.46 bits per heavy atom. The predicted molar refractivity (Wildman–Crippen MR) is 92.4 cm³/mol. The average molecular weight is 323 g/mol. The van der Waals surface area contributed by atoms with Gasteiger partial charge in [0.05, 0.1) is 11.2 Å². The number of ether oxygens (including phenoxy) is 2. The van der Waals surface area contributed by atoms with E-state index in [4.69, 9.17) is 15.2 Å². The van der Waals surface area contributed by atoms with Crippen LogP contribution in [0.3, 0.4) is 0 Å². The largest absolute Gasteiger partial charge is 0.454 e. The second kappa shape index (κ2) is 5.26. The van der Waals surface area contributed by atoms with Crippen LogP contribution in [0.25, 0.3) is 22.2 Å². The Bertz CT molecular complexity index is 991. The monoisotopic (exact) mass is 323 g/mol. The van der Waals surface area contributed by atoms with Crippen molar-refractivity contribution in [1.82, 2.24) is 9.55 Å². The van der Waals surface area contributed by atoms with Gasteiger partial charge in [-0.15, -0.1) is 0 Å². The van der Waals surface area contributed by atoms with Crippen LogP contribution in [-0.2, 0) is 0 Å². The summed E-state index contributed by atoms with van der Waals surface area (Å²) >= 11 is 0. The molecular formula is C18H17N3O3. The molecule has 1 aliphatic heterocycles. The minimum Gasteiger partial charge on any atom is -0.454 e. The Balaban J connectivity index is 2.09. The third-order valence-corrected chi connectivity index (χ3v) is 4.12. The van der Waals surface area contributed by atoms with Gasteiger partial charge in [0.2, 0.25) is 6.79 Å². The van der Waals surface area contributed by atoms with E-state index in [1.165, 1.54) is 0 Å². The molecule has 0 spiro atoms. The molecule has 3 aromatic rings. The van der Waals surface area contributed by atoms with Crippen LogP contribution in [0.1, 0.15) is 19.9 Å².